The van der Waals surface area contributed by atoms with Gasteiger partial charge in [0, 0.05) is 12.1 Å². The van der Waals surface area contributed by atoms with E-state index in [2.05, 4.69) is 10.2 Å². The summed E-state index contributed by atoms with van der Waals surface area (Å²) in [6.45, 7) is 1.25. The number of carbonyl (C=O) groups is 2. The van der Waals surface area contributed by atoms with Gasteiger partial charge in [-0.2, -0.15) is 0 Å². The molecule has 0 aliphatic carbocycles. The van der Waals surface area contributed by atoms with Gasteiger partial charge in [-0.1, -0.05) is 0 Å². The summed E-state index contributed by atoms with van der Waals surface area (Å²) in [5.74, 6) is -0.447. The van der Waals surface area contributed by atoms with Gasteiger partial charge in [0.1, 0.15) is 5.75 Å². The first-order chi connectivity index (χ1) is 9.90. The zero-order chi connectivity index (χ0) is 15.8. The largest absolute Gasteiger partial charge is 0.482 e. The number of hydrogen-bond acceptors (Lipinski definition) is 5. The Bertz CT molecular complexity index is 503. The van der Waals surface area contributed by atoms with Crippen molar-refractivity contribution in [3.05, 3.63) is 23.8 Å². The van der Waals surface area contributed by atoms with E-state index in [1.165, 1.54) is 6.07 Å². The molecule has 21 heavy (non-hydrogen) atoms. The number of hydrogen-bond donors (Lipinski definition) is 3. The first-order valence-corrected chi connectivity index (χ1v) is 6.63. The van der Waals surface area contributed by atoms with Gasteiger partial charge in [0.05, 0.1) is 5.69 Å². The normalized spacial score (nSPS) is 10.4. The molecular weight excluding hydrogens is 272 g/mol. The van der Waals surface area contributed by atoms with Crippen LogP contribution in [0.1, 0.15) is 16.8 Å². The first kappa shape index (κ1) is 16.8. The molecule has 1 aromatic carbocycles. The van der Waals surface area contributed by atoms with E-state index in [4.69, 9.17) is 16.2 Å². The van der Waals surface area contributed by atoms with Crippen molar-refractivity contribution < 1.29 is 14.3 Å². The summed E-state index contributed by atoms with van der Waals surface area (Å²) in [5.41, 5.74) is 11.5. The molecule has 0 aliphatic heterocycles. The van der Waals surface area contributed by atoms with E-state index in [1.54, 1.807) is 12.1 Å². The van der Waals surface area contributed by atoms with Gasteiger partial charge in [0.15, 0.2) is 6.61 Å². The van der Waals surface area contributed by atoms with Crippen LogP contribution in [0.15, 0.2) is 18.2 Å². The fourth-order valence-corrected chi connectivity index (χ4v) is 1.67. The average molecular weight is 294 g/mol. The summed E-state index contributed by atoms with van der Waals surface area (Å²) in [6, 6.07) is 4.65. The monoisotopic (exact) mass is 294 g/mol. The van der Waals surface area contributed by atoms with E-state index in [0.29, 0.717) is 17.9 Å². The molecule has 5 N–H and O–H groups in total. The number of anilines is 1. The van der Waals surface area contributed by atoms with E-state index in [9.17, 15) is 9.59 Å². The van der Waals surface area contributed by atoms with Gasteiger partial charge in [-0.25, -0.2) is 0 Å². The minimum atomic E-state index is -0.586. The van der Waals surface area contributed by atoms with Crippen LogP contribution < -0.4 is 21.5 Å². The number of nitrogens with zero attached hydrogens (tertiary/aromatic N) is 1. The van der Waals surface area contributed by atoms with Crippen molar-refractivity contribution in [3.8, 4) is 5.75 Å². The van der Waals surface area contributed by atoms with Crippen LogP contribution in [0.25, 0.3) is 0 Å². The lowest BCUT2D eigenvalue weighted by atomic mass is 10.1. The molecule has 0 saturated heterocycles. The Kier molecular flexibility index (Phi) is 6.48. The lowest BCUT2D eigenvalue weighted by molar-refractivity contribution is -0.119. The molecule has 0 heterocycles. The molecule has 0 fully saturated rings. The Hall–Kier alpha value is -2.28. The van der Waals surface area contributed by atoms with Crippen LogP contribution in [-0.4, -0.2) is 50.5 Å². The quantitative estimate of drug-likeness (QED) is 0.455. The third-order valence-electron chi connectivity index (χ3n) is 2.71. The maximum atomic E-state index is 11.9. The minimum Gasteiger partial charge on any atom is -0.482 e. The number of primary amides is 1. The van der Waals surface area contributed by atoms with E-state index in [1.807, 2.05) is 14.1 Å². The first-order valence-electron chi connectivity index (χ1n) is 6.63. The van der Waals surface area contributed by atoms with E-state index in [0.717, 1.165) is 13.0 Å². The standard InChI is InChI=1S/C14H22N4O3/c1-18(2)7-3-6-17-14(20)10-4-5-12(11(15)8-10)21-9-13(16)19/h4-5,8H,3,6-7,9,15H2,1-2H3,(H2,16,19)(H,17,20). The van der Waals surface area contributed by atoms with Crippen molar-refractivity contribution in [1.29, 1.82) is 0 Å². The Labute approximate surface area is 124 Å². The van der Waals surface area contributed by atoms with Crippen molar-refractivity contribution in [1.82, 2.24) is 10.2 Å². The molecule has 0 spiro atoms. The average Bonchev–Trinajstić information content (AvgIpc) is 2.41. The molecule has 7 nitrogen and oxygen atoms in total. The fourth-order valence-electron chi connectivity index (χ4n) is 1.67. The topological polar surface area (TPSA) is 111 Å². The summed E-state index contributed by atoms with van der Waals surface area (Å²) in [5, 5.41) is 2.82. The van der Waals surface area contributed by atoms with Crippen molar-refractivity contribution in [2.45, 2.75) is 6.42 Å². The van der Waals surface area contributed by atoms with Crippen molar-refractivity contribution in [3.63, 3.8) is 0 Å². The Balaban J connectivity index is 2.53. The van der Waals surface area contributed by atoms with Crippen LogP contribution in [0.3, 0.4) is 0 Å². The molecule has 0 radical (unpaired) electrons. The third-order valence-corrected chi connectivity index (χ3v) is 2.71. The molecule has 0 aromatic heterocycles. The predicted molar refractivity (Wildman–Crippen MR) is 81.0 cm³/mol. The second kappa shape index (κ2) is 8.11. The molecule has 2 amide bonds. The highest BCUT2D eigenvalue weighted by Crippen LogP contribution is 2.22. The molecule has 1 rings (SSSR count). The number of ether oxygens (including phenoxy) is 1. The second-order valence-corrected chi connectivity index (χ2v) is 4.92. The van der Waals surface area contributed by atoms with E-state index < -0.39 is 5.91 Å². The zero-order valence-corrected chi connectivity index (χ0v) is 12.4. The number of nitrogen functional groups attached to an aromatic ring is 1. The van der Waals surface area contributed by atoms with E-state index in [-0.39, 0.29) is 18.2 Å². The maximum Gasteiger partial charge on any atom is 0.255 e. The van der Waals surface area contributed by atoms with Gasteiger partial charge in [-0.05, 0) is 45.3 Å². The van der Waals surface area contributed by atoms with Gasteiger partial charge in [-0.15, -0.1) is 0 Å². The van der Waals surface area contributed by atoms with Crippen LogP contribution in [-0.2, 0) is 4.79 Å². The molecule has 0 unspecified atom stereocenters. The maximum absolute atomic E-state index is 11.9. The number of nitrogens with one attached hydrogen (secondary N) is 1. The summed E-state index contributed by atoms with van der Waals surface area (Å²) in [7, 11) is 3.96. The highest BCUT2D eigenvalue weighted by Gasteiger charge is 2.09. The Morgan fingerprint density at radius 3 is 2.62 bits per heavy atom. The van der Waals surface area contributed by atoms with Gasteiger partial charge < -0.3 is 26.4 Å². The predicted octanol–water partition coefficient (Wildman–Crippen LogP) is -0.186. The van der Waals surface area contributed by atoms with Crippen LogP contribution in [0.2, 0.25) is 0 Å². The van der Waals surface area contributed by atoms with Crippen molar-refractivity contribution >= 4 is 17.5 Å². The molecule has 0 saturated carbocycles. The lowest BCUT2D eigenvalue weighted by Crippen LogP contribution is -2.27. The van der Waals surface area contributed by atoms with Gasteiger partial charge in [0.25, 0.3) is 11.8 Å². The van der Waals surface area contributed by atoms with Crippen LogP contribution in [0.5, 0.6) is 5.75 Å². The number of benzene rings is 1. The Morgan fingerprint density at radius 1 is 1.33 bits per heavy atom. The van der Waals surface area contributed by atoms with Crippen LogP contribution in [0, 0.1) is 0 Å². The summed E-state index contributed by atoms with van der Waals surface area (Å²) < 4.78 is 5.12. The Morgan fingerprint density at radius 2 is 2.05 bits per heavy atom. The molecule has 7 heteroatoms. The van der Waals surface area contributed by atoms with E-state index >= 15 is 0 Å². The number of rotatable bonds is 8. The molecule has 0 bridgehead atoms. The lowest BCUT2D eigenvalue weighted by Gasteiger charge is -2.11. The minimum absolute atomic E-state index is 0.193. The van der Waals surface area contributed by atoms with Gasteiger partial charge in [0.2, 0.25) is 0 Å². The zero-order valence-electron chi connectivity index (χ0n) is 12.4. The molecule has 116 valence electrons. The molecule has 0 atom stereocenters. The SMILES string of the molecule is CN(C)CCCNC(=O)c1ccc(OCC(N)=O)c(N)c1. The highest BCUT2D eigenvalue weighted by molar-refractivity contribution is 5.95. The number of amides is 2. The van der Waals surface area contributed by atoms with Crippen LogP contribution in [0.4, 0.5) is 5.69 Å². The summed E-state index contributed by atoms with van der Waals surface area (Å²) in [4.78, 5) is 24.6. The molecular formula is C14H22N4O3. The fraction of sp³-hybridized carbons (Fsp3) is 0.429. The number of carbonyl (C=O) groups excluding carboxylic acids is 2. The number of nitrogens with two attached hydrogens (primary N) is 2. The van der Waals surface area contributed by atoms with Crippen molar-refractivity contribution in [2.75, 3.05) is 39.5 Å². The van der Waals surface area contributed by atoms with Gasteiger partial charge in [-0.3, -0.25) is 9.59 Å². The molecule has 0 aliphatic rings. The smallest absolute Gasteiger partial charge is 0.255 e. The van der Waals surface area contributed by atoms with Crippen molar-refractivity contribution in [2.24, 2.45) is 5.73 Å². The van der Waals surface area contributed by atoms with Crippen LogP contribution >= 0.6 is 0 Å². The summed E-state index contributed by atoms with van der Waals surface area (Å²) >= 11 is 0. The molecule has 1 aromatic rings. The highest BCUT2D eigenvalue weighted by atomic mass is 16.5. The summed E-state index contributed by atoms with van der Waals surface area (Å²) in [6.07, 6.45) is 0.869. The second-order valence-electron chi connectivity index (χ2n) is 4.92. The third kappa shape index (κ3) is 6.13. The van der Waals surface area contributed by atoms with Gasteiger partial charge >= 0.3 is 0 Å².